The largest absolute Gasteiger partial charge is 0.465 e. The Labute approximate surface area is 156 Å². The number of hydrogen-bond acceptors (Lipinski definition) is 5. The summed E-state index contributed by atoms with van der Waals surface area (Å²) in [5.74, 6) is -0.924. The highest BCUT2D eigenvalue weighted by Crippen LogP contribution is 2.25. The second-order valence-electron chi connectivity index (χ2n) is 5.61. The van der Waals surface area contributed by atoms with Gasteiger partial charge in [0.15, 0.2) is 0 Å². The summed E-state index contributed by atoms with van der Waals surface area (Å²) in [5, 5.41) is 3.45. The van der Waals surface area contributed by atoms with Crippen LogP contribution in [0.4, 0.5) is 10.1 Å². The first-order chi connectivity index (χ1) is 12.3. The molecule has 0 unspecified atom stereocenters. The number of methoxy groups -OCH3 is 1. The number of nitrogens with one attached hydrogen (secondary N) is 1. The minimum Gasteiger partial charge on any atom is -0.465 e. The van der Waals surface area contributed by atoms with Gasteiger partial charge in [0.1, 0.15) is 11.4 Å². The maximum Gasteiger partial charge on any atom is 0.341 e. The topological polar surface area (TPSA) is 54.5 Å². The molecule has 136 valence electrons. The van der Waals surface area contributed by atoms with Crippen molar-refractivity contribution in [2.75, 3.05) is 26.5 Å². The molecule has 5 nitrogen and oxygen atoms in total. The third-order valence-electron chi connectivity index (χ3n) is 3.52. The van der Waals surface area contributed by atoms with E-state index in [1.165, 1.54) is 31.6 Å². The van der Waals surface area contributed by atoms with E-state index in [1.807, 2.05) is 0 Å². The molecular weight excluding hydrogens is 357 g/mol. The molecule has 0 amide bonds. The lowest BCUT2D eigenvalue weighted by Gasteiger charge is -2.20. The van der Waals surface area contributed by atoms with E-state index in [0.29, 0.717) is 27.7 Å². The molecule has 0 radical (unpaired) electrons. The Kier molecular flexibility index (Phi) is 6.36. The van der Waals surface area contributed by atoms with Gasteiger partial charge in [-0.15, -0.1) is 0 Å². The maximum atomic E-state index is 14.2. The minimum atomic E-state index is -0.522. The zero-order valence-corrected chi connectivity index (χ0v) is 15.5. The summed E-state index contributed by atoms with van der Waals surface area (Å²) >= 11 is 5.99. The van der Waals surface area contributed by atoms with Gasteiger partial charge >= 0.3 is 5.97 Å². The lowest BCUT2D eigenvalue weighted by atomic mass is 10.1. The number of nitrogens with zero attached hydrogens (tertiary/aromatic N) is 2. The Bertz CT molecular complexity index is 866. The highest BCUT2D eigenvalue weighted by atomic mass is 35.5. The number of pyridine rings is 1. The number of allylic oxidation sites excluding steroid dienone is 1. The van der Waals surface area contributed by atoms with Crippen LogP contribution in [0.1, 0.15) is 15.9 Å². The first kappa shape index (κ1) is 19.5. The van der Waals surface area contributed by atoms with Gasteiger partial charge in [-0.1, -0.05) is 18.2 Å². The molecule has 1 heterocycles. The molecule has 1 N–H and O–H groups in total. The van der Waals surface area contributed by atoms with Crippen molar-refractivity contribution in [2.45, 2.75) is 0 Å². The summed E-state index contributed by atoms with van der Waals surface area (Å²) in [5.41, 5.74) is 2.11. The Morgan fingerprint density at radius 2 is 2.08 bits per heavy atom. The quantitative estimate of drug-likeness (QED) is 0.606. The van der Waals surface area contributed by atoms with Gasteiger partial charge in [-0.25, -0.2) is 9.18 Å². The van der Waals surface area contributed by atoms with Gasteiger partial charge in [0.05, 0.1) is 12.8 Å². The Balaban J connectivity index is 2.36. The smallest absolute Gasteiger partial charge is 0.341 e. The third-order valence-corrected chi connectivity index (χ3v) is 3.75. The zero-order chi connectivity index (χ0) is 19.3. The van der Waals surface area contributed by atoms with E-state index in [-0.39, 0.29) is 5.56 Å². The van der Waals surface area contributed by atoms with Crippen molar-refractivity contribution in [1.82, 2.24) is 9.88 Å². The number of halogens is 2. The molecule has 0 aliphatic rings. The summed E-state index contributed by atoms with van der Waals surface area (Å²) in [6.45, 7) is 3.93. The molecular formula is C19H19ClFN3O2. The number of ether oxygens (including phenoxy) is 1. The first-order valence-electron chi connectivity index (χ1n) is 7.66. The highest BCUT2D eigenvalue weighted by Gasteiger charge is 2.14. The number of aromatic nitrogens is 1. The van der Waals surface area contributed by atoms with Crippen molar-refractivity contribution in [3.05, 3.63) is 77.0 Å². The van der Waals surface area contributed by atoms with E-state index < -0.39 is 11.8 Å². The van der Waals surface area contributed by atoms with Crippen LogP contribution < -0.4 is 5.32 Å². The van der Waals surface area contributed by atoms with Crippen LogP contribution >= 0.6 is 11.6 Å². The number of esters is 1. The number of rotatable bonds is 6. The zero-order valence-electron chi connectivity index (χ0n) is 14.7. The summed E-state index contributed by atoms with van der Waals surface area (Å²) in [7, 11) is 4.86. The van der Waals surface area contributed by atoms with Crippen molar-refractivity contribution in [3.63, 3.8) is 0 Å². The van der Waals surface area contributed by atoms with Gasteiger partial charge < -0.3 is 15.0 Å². The summed E-state index contributed by atoms with van der Waals surface area (Å²) in [6.07, 6.45) is 4.60. The van der Waals surface area contributed by atoms with E-state index in [1.54, 1.807) is 37.2 Å². The molecule has 1 aromatic carbocycles. The lowest BCUT2D eigenvalue weighted by molar-refractivity contribution is 0.0601. The number of benzene rings is 1. The Morgan fingerprint density at radius 1 is 1.35 bits per heavy atom. The van der Waals surface area contributed by atoms with Crippen LogP contribution in [0.2, 0.25) is 5.02 Å². The highest BCUT2D eigenvalue weighted by molar-refractivity contribution is 6.30. The molecule has 0 aliphatic carbocycles. The second kappa shape index (κ2) is 8.49. The average Bonchev–Trinajstić information content (AvgIpc) is 2.61. The van der Waals surface area contributed by atoms with E-state index in [9.17, 15) is 9.18 Å². The fourth-order valence-electron chi connectivity index (χ4n) is 2.29. The molecule has 7 heteroatoms. The summed E-state index contributed by atoms with van der Waals surface area (Å²) in [6, 6.07) is 5.96. The van der Waals surface area contributed by atoms with Crippen molar-refractivity contribution >= 4 is 29.0 Å². The molecule has 2 aromatic rings. The Morgan fingerprint density at radius 3 is 2.73 bits per heavy atom. The van der Waals surface area contributed by atoms with Crippen LogP contribution in [0.5, 0.6) is 0 Å². The van der Waals surface area contributed by atoms with Gasteiger partial charge in [0.25, 0.3) is 0 Å². The molecule has 1 aromatic heterocycles. The van der Waals surface area contributed by atoms with Crippen LogP contribution in [0.25, 0.3) is 5.70 Å². The lowest BCUT2D eigenvalue weighted by Crippen LogP contribution is -2.13. The van der Waals surface area contributed by atoms with Crippen LogP contribution in [-0.2, 0) is 4.74 Å². The Hall–Kier alpha value is -2.86. The van der Waals surface area contributed by atoms with Crippen molar-refractivity contribution in [2.24, 2.45) is 0 Å². The third kappa shape index (κ3) is 4.61. The average molecular weight is 376 g/mol. The summed E-state index contributed by atoms with van der Waals surface area (Å²) in [4.78, 5) is 17.5. The molecule has 26 heavy (non-hydrogen) atoms. The molecule has 0 bridgehead atoms. The normalized spacial score (nSPS) is 11.0. The number of carbonyl (C=O) groups is 1. The van der Waals surface area contributed by atoms with Gasteiger partial charge in [-0.3, -0.25) is 4.98 Å². The van der Waals surface area contributed by atoms with E-state index in [2.05, 4.69) is 16.9 Å². The van der Waals surface area contributed by atoms with Crippen LogP contribution in [0, 0.1) is 5.82 Å². The number of hydrogen-bond donors (Lipinski definition) is 1. The molecule has 0 saturated carbocycles. The monoisotopic (exact) mass is 375 g/mol. The molecule has 0 spiro atoms. The molecule has 0 atom stereocenters. The molecule has 2 rings (SSSR count). The van der Waals surface area contributed by atoms with E-state index >= 15 is 0 Å². The van der Waals surface area contributed by atoms with Crippen LogP contribution in [0.3, 0.4) is 0 Å². The first-order valence-corrected chi connectivity index (χ1v) is 8.04. The van der Waals surface area contributed by atoms with Crippen molar-refractivity contribution in [1.29, 1.82) is 0 Å². The molecule has 0 aliphatic heterocycles. The predicted octanol–water partition coefficient (Wildman–Crippen LogP) is 4.19. The van der Waals surface area contributed by atoms with Gasteiger partial charge in [-0.05, 0) is 30.3 Å². The fraction of sp³-hybridized carbons (Fsp3) is 0.158. The van der Waals surface area contributed by atoms with Gasteiger partial charge in [-0.2, -0.15) is 0 Å². The number of carbonyl (C=O) groups excluding carboxylic acids is 1. The van der Waals surface area contributed by atoms with Crippen LogP contribution in [-0.4, -0.2) is 37.1 Å². The van der Waals surface area contributed by atoms with Gasteiger partial charge in [0.2, 0.25) is 0 Å². The van der Waals surface area contributed by atoms with E-state index in [0.717, 1.165) is 0 Å². The van der Waals surface area contributed by atoms with Crippen LogP contribution in [0.15, 0.2) is 55.0 Å². The van der Waals surface area contributed by atoms with Crippen molar-refractivity contribution < 1.29 is 13.9 Å². The van der Waals surface area contributed by atoms with Gasteiger partial charge in [0, 0.05) is 48.5 Å². The maximum absolute atomic E-state index is 14.2. The fourth-order valence-corrected chi connectivity index (χ4v) is 2.46. The van der Waals surface area contributed by atoms with E-state index in [4.69, 9.17) is 16.3 Å². The minimum absolute atomic E-state index is 0.268. The molecule has 0 saturated heterocycles. The number of anilines is 1. The predicted molar refractivity (Wildman–Crippen MR) is 101 cm³/mol. The second-order valence-corrected chi connectivity index (χ2v) is 6.05. The standard InChI is InChI=1S/C19H19ClFN3O2/c1-12(23-17-7-8-22-11-15(17)19(25)26-4)9-18(24(2)3)14-10-13(20)5-6-16(14)21/h5-11H,1H2,2-4H3,(H,22,23)/b18-9-. The SMILES string of the molecule is C=C(/C=C(/c1cc(Cl)ccc1F)N(C)C)Nc1ccncc1C(=O)OC. The van der Waals surface area contributed by atoms with Crippen molar-refractivity contribution in [3.8, 4) is 0 Å². The molecule has 0 fully saturated rings. The summed E-state index contributed by atoms with van der Waals surface area (Å²) < 4.78 is 19.0.